The number of nitrogens with zero attached hydrogens (tertiary/aromatic N) is 1. The highest BCUT2D eigenvalue weighted by atomic mass is 32.2. The van der Waals surface area contributed by atoms with Crippen molar-refractivity contribution >= 4 is 26.8 Å². The van der Waals surface area contributed by atoms with Gasteiger partial charge in [-0.15, -0.1) is 0 Å². The number of hydrogen-bond acceptors (Lipinski definition) is 3. The lowest BCUT2D eigenvalue weighted by Gasteiger charge is -2.17. The number of likely N-dealkylation sites (N-methyl/N-ethyl adjacent to an activating group) is 1. The van der Waals surface area contributed by atoms with E-state index in [1.807, 2.05) is 37.3 Å². The maximum absolute atomic E-state index is 13.1. The fraction of sp³-hybridized carbons (Fsp3) is 0.375. The summed E-state index contributed by atoms with van der Waals surface area (Å²) >= 11 is 0. The van der Waals surface area contributed by atoms with Gasteiger partial charge in [0.2, 0.25) is 15.9 Å². The topological polar surface area (TPSA) is 82.3 Å². The summed E-state index contributed by atoms with van der Waals surface area (Å²) in [4.78, 5) is 16.0. The van der Waals surface area contributed by atoms with Gasteiger partial charge in [-0.05, 0) is 68.4 Å². The molecule has 0 fully saturated rings. The number of aryl methyl sites for hydroxylation is 3. The van der Waals surface area contributed by atoms with Gasteiger partial charge < -0.3 is 10.3 Å². The molecule has 0 saturated carbocycles. The first-order valence-electron chi connectivity index (χ1n) is 10.8. The Morgan fingerprint density at radius 2 is 1.84 bits per heavy atom. The van der Waals surface area contributed by atoms with Crippen molar-refractivity contribution < 1.29 is 13.2 Å². The molecule has 164 valence electrons. The summed E-state index contributed by atoms with van der Waals surface area (Å²) in [7, 11) is -2.30. The fourth-order valence-corrected chi connectivity index (χ4v) is 5.32. The molecule has 0 saturated heterocycles. The number of carbonyl (C=O) groups is 1. The lowest BCUT2D eigenvalue weighted by atomic mass is 9.96. The summed E-state index contributed by atoms with van der Waals surface area (Å²) in [5, 5.41) is 3.80. The summed E-state index contributed by atoms with van der Waals surface area (Å²) in [5.74, 6) is -0.307. The van der Waals surface area contributed by atoms with Gasteiger partial charge in [-0.3, -0.25) is 4.79 Å². The van der Waals surface area contributed by atoms with Crippen LogP contribution in [0.15, 0.2) is 47.4 Å². The van der Waals surface area contributed by atoms with Gasteiger partial charge in [-0.2, -0.15) is 4.31 Å². The summed E-state index contributed by atoms with van der Waals surface area (Å²) < 4.78 is 27.2. The largest absolute Gasteiger partial charge is 0.358 e. The van der Waals surface area contributed by atoms with Crippen LogP contribution in [0.4, 0.5) is 0 Å². The lowest BCUT2D eigenvalue weighted by molar-refractivity contribution is -0.121. The number of H-pyrrole nitrogens is 1. The van der Waals surface area contributed by atoms with Crippen molar-refractivity contribution in [2.45, 2.75) is 43.9 Å². The molecule has 0 spiro atoms. The van der Waals surface area contributed by atoms with Crippen molar-refractivity contribution in [3.63, 3.8) is 0 Å². The van der Waals surface area contributed by atoms with Crippen molar-refractivity contribution in [3.8, 4) is 0 Å². The third-order valence-corrected chi connectivity index (χ3v) is 7.80. The Morgan fingerprint density at radius 3 is 2.61 bits per heavy atom. The van der Waals surface area contributed by atoms with Gasteiger partial charge >= 0.3 is 0 Å². The molecule has 4 rings (SSSR count). The number of carbonyl (C=O) groups excluding carboxylic acids is 1. The first-order chi connectivity index (χ1) is 14.8. The van der Waals surface area contributed by atoms with Gasteiger partial charge in [0.1, 0.15) is 0 Å². The second-order valence-electron chi connectivity index (χ2n) is 8.34. The van der Waals surface area contributed by atoms with Crippen LogP contribution in [0.3, 0.4) is 0 Å². The second kappa shape index (κ2) is 8.85. The molecule has 1 aromatic heterocycles. The van der Waals surface area contributed by atoms with Crippen LogP contribution in [0, 0.1) is 6.92 Å². The quantitative estimate of drug-likeness (QED) is 0.592. The summed E-state index contributed by atoms with van der Waals surface area (Å²) in [6.07, 6.45) is 4.97. The van der Waals surface area contributed by atoms with E-state index in [9.17, 15) is 13.2 Å². The van der Waals surface area contributed by atoms with E-state index in [4.69, 9.17) is 0 Å². The smallest absolute Gasteiger partial charge is 0.243 e. The Bertz CT molecular complexity index is 1200. The van der Waals surface area contributed by atoms with Gasteiger partial charge in [0.15, 0.2) is 0 Å². The minimum absolute atomic E-state index is 0.209. The van der Waals surface area contributed by atoms with Crippen molar-refractivity contribution in [3.05, 3.63) is 64.8 Å². The van der Waals surface area contributed by atoms with Crippen LogP contribution in [-0.2, 0) is 34.1 Å². The summed E-state index contributed by atoms with van der Waals surface area (Å²) in [5.41, 5.74) is 5.75. The van der Waals surface area contributed by atoms with E-state index in [-0.39, 0.29) is 17.3 Å². The zero-order valence-corrected chi connectivity index (χ0v) is 18.9. The van der Waals surface area contributed by atoms with Crippen LogP contribution in [0.2, 0.25) is 0 Å². The molecular weight excluding hydrogens is 410 g/mol. The molecule has 7 heteroatoms. The third-order valence-electron chi connectivity index (χ3n) is 6.00. The molecule has 0 bridgehead atoms. The molecule has 0 aliphatic heterocycles. The van der Waals surface area contributed by atoms with Gasteiger partial charge in [0.05, 0.1) is 11.4 Å². The number of benzene rings is 2. The molecule has 0 atom stereocenters. The number of fused-ring (bicyclic) bond motifs is 3. The summed E-state index contributed by atoms with van der Waals surface area (Å²) in [6, 6.07) is 13.3. The minimum Gasteiger partial charge on any atom is -0.358 e. The van der Waals surface area contributed by atoms with Gasteiger partial charge in [-0.1, -0.05) is 29.8 Å². The molecular formula is C24H29N3O3S. The van der Waals surface area contributed by atoms with E-state index in [2.05, 4.69) is 10.3 Å². The molecule has 31 heavy (non-hydrogen) atoms. The average Bonchev–Trinajstić information content (AvgIpc) is 3.13. The normalized spacial score (nSPS) is 14.0. The number of aromatic nitrogens is 1. The van der Waals surface area contributed by atoms with E-state index in [1.54, 1.807) is 12.1 Å². The fourth-order valence-electron chi connectivity index (χ4n) is 4.17. The highest BCUT2D eigenvalue weighted by molar-refractivity contribution is 7.89. The van der Waals surface area contributed by atoms with Crippen LogP contribution >= 0.6 is 0 Å². The third kappa shape index (κ3) is 4.67. The second-order valence-corrected chi connectivity index (χ2v) is 10.4. The van der Waals surface area contributed by atoms with Crippen molar-refractivity contribution in [1.29, 1.82) is 0 Å². The van der Waals surface area contributed by atoms with E-state index < -0.39 is 10.0 Å². The number of nitrogens with one attached hydrogen (secondary N) is 2. The maximum atomic E-state index is 13.1. The number of rotatable bonds is 7. The predicted octanol–water partition coefficient (Wildman–Crippen LogP) is 3.33. The number of amides is 1. The van der Waals surface area contributed by atoms with E-state index in [0.717, 1.165) is 46.5 Å². The maximum Gasteiger partial charge on any atom is 0.243 e. The van der Waals surface area contributed by atoms with Crippen LogP contribution in [0.5, 0.6) is 0 Å². The molecule has 1 aliphatic rings. The van der Waals surface area contributed by atoms with E-state index >= 15 is 0 Å². The highest BCUT2D eigenvalue weighted by Crippen LogP contribution is 2.31. The number of aromatic amines is 1. The zero-order chi connectivity index (χ0) is 22.0. The van der Waals surface area contributed by atoms with Gasteiger partial charge in [0.25, 0.3) is 0 Å². The first kappa shape index (κ1) is 21.6. The summed E-state index contributed by atoms with van der Waals surface area (Å²) in [6.45, 7) is 2.29. The van der Waals surface area contributed by atoms with Crippen molar-refractivity contribution in [2.75, 3.05) is 20.1 Å². The average molecular weight is 440 g/mol. The Hall–Kier alpha value is -2.64. The van der Waals surface area contributed by atoms with Crippen molar-refractivity contribution in [1.82, 2.24) is 14.6 Å². The molecule has 2 N–H and O–H groups in total. The van der Waals surface area contributed by atoms with Crippen LogP contribution in [0.25, 0.3) is 10.9 Å². The van der Waals surface area contributed by atoms with Crippen LogP contribution in [0.1, 0.15) is 35.2 Å². The van der Waals surface area contributed by atoms with Crippen molar-refractivity contribution in [2.24, 2.45) is 0 Å². The number of sulfonamides is 1. The molecule has 0 unspecified atom stereocenters. The zero-order valence-electron chi connectivity index (χ0n) is 18.1. The standard InChI is InChI=1S/C24H29N3O3S/c1-17-7-9-18(10-8-17)13-14-25-24(28)16-27(2)31(29,30)19-11-12-23-21(15-19)20-5-3-4-6-22(20)26-23/h7-12,15,26H,3-6,13-14,16H2,1-2H3,(H,25,28). The number of hydrogen-bond donors (Lipinski definition) is 2. The van der Waals surface area contributed by atoms with Crippen LogP contribution in [-0.4, -0.2) is 43.8 Å². The van der Waals surface area contributed by atoms with E-state index in [0.29, 0.717) is 13.0 Å². The van der Waals surface area contributed by atoms with Gasteiger partial charge in [-0.25, -0.2) is 8.42 Å². The minimum atomic E-state index is -3.75. The Balaban J connectivity index is 1.40. The van der Waals surface area contributed by atoms with E-state index in [1.165, 1.54) is 23.9 Å². The molecule has 0 radical (unpaired) electrons. The monoisotopic (exact) mass is 439 g/mol. The lowest BCUT2D eigenvalue weighted by Crippen LogP contribution is -2.39. The SMILES string of the molecule is Cc1ccc(CCNC(=O)CN(C)S(=O)(=O)c2ccc3[nH]c4c(c3c2)CCCC4)cc1. The molecule has 1 aliphatic carbocycles. The first-order valence-corrected chi connectivity index (χ1v) is 12.2. The molecule has 3 aromatic rings. The molecule has 1 heterocycles. The predicted molar refractivity (Wildman–Crippen MR) is 123 cm³/mol. The van der Waals surface area contributed by atoms with Gasteiger partial charge in [0, 0.05) is 30.2 Å². The Labute approximate surface area is 183 Å². The molecule has 1 amide bonds. The Morgan fingerprint density at radius 1 is 1.10 bits per heavy atom. The molecule has 2 aromatic carbocycles. The highest BCUT2D eigenvalue weighted by Gasteiger charge is 2.24. The molecule has 6 nitrogen and oxygen atoms in total. The Kier molecular flexibility index (Phi) is 6.16. The van der Waals surface area contributed by atoms with Crippen LogP contribution < -0.4 is 5.32 Å².